The fourth-order valence-corrected chi connectivity index (χ4v) is 4.57. The molecule has 0 aromatic heterocycles. The Morgan fingerprint density at radius 1 is 1.29 bits per heavy atom. The van der Waals surface area contributed by atoms with Crippen molar-refractivity contribution in [3.05, 3.63) is 9.66 Å². The number of rotatable bonds is 10. The molecule has 0 aromatic carbocycles. The molecule has 1 saturated heterocycles. The van der Waals surface area contributed by atoms with Crippen LogP contribution in [0.2, 0.25) is 25.7 Å². The van der Waals surface area contributed by atoms with Crippen molar-refractivity contribution in [3.8, 4) is 0 Å². The average Bonchev–Trinajstić information content (AvgIpc) is 2.52. The summed E-state index contributed by atoms with van der Waals surface area (Å²) in [5.41, 5.74) is 1.43. The second-order valence-corrected chi connectivity index (χ2v) is 14.6. The summed E-state index contributed by atoms with van der Waals surface area (Å²) in [5.74, 6) is 1.02. The van der Waals surface area contributed by atoms with Gasteiger partial charge in [0, 0.05) is 20.6 Å². The maximum Gasteiger partial charge on any atom is 0.146 e. The van der Waals surface area contributed by atoms with Gasteiger partial charge in [0.25, 0.3) is 0 Å². The standard InChI is InChI=1S/C19H37IO3Si/c1-7-17(12-20)19-15(2)8-9-18(23-19)16(3)13-22-14-21-10-11-24(4,5)6/h12,15-16,18-19H,7-11,13-14H2,1-6H3/b17-12+/t15-,16-,18+,19+/m0/s1. The van der Waals surface area contributed by atoms with E-state index in [4.69, 9.17) is 14.2 Å². The Balaban J connectivity index is 2.31. The third-order valence-electron chi connectivity index (χ3n) is 4.84. The largest absolute Gasteiger partial charge is 0.370 e. The van der Waals surface area contributed by atoms with Crippen LogP contribution in [0.25, 0.3) is 0 Å². The fraction of sp³-hybridized carbons (Fsp3) is 0.895. The molecule has 0 amide bonds. The molecule has 1 aliphatic heterocycles. The van der Waals surface area contributed by atoms with Crippen molar-refractivity contribution >= 4 is 30.7 Å². The molecule has 5 heteroatoms. The molecule has 1 heterocycles. The summed E-state index contributed by atoms with van der Waals surface area (Å²) in [5, 5.41) is 0. The summed E-state index contributed by atoms with van der Waals surface area (Å²) in [6.07, 6.45) is 4.02. The average molecular weight is 468 g/mol. The predicted molar refractivity (Wildman–Crippen MR) is 114 cm³/mol. The summed E-state index contributed by atoms with van der Waals surface area (Å²) in [6.45, 7) is 15.8. The van der Waals surface area contributed by atoms with Crippen LogP contribution in [0.4, 0.5) is 0 Å². The minimum atomic E-state index is -1.00. The number of hydrogen-bond donors (Lipinski definition) is 0. The van der Waals surface area contributed by atoms with Crippen LogP contribution in [-0.2, 0) is 14.2 Å². The van der Waals surface area contributed by atoms with E-state index in [-0.39, 0.29) is 6.10 Å². The quantitative estimate of drug-likeness (QED) is 0.174. The zero-order valence-corrected chi connectivity index (χ0v) is 19.6. The van der Waals surface area contributed by atoms with Crippen LogP contribution in [0.3, 0.4) is 0 Å². The molecule has 142 valence electrons. The molecule has 0 radical (unpaired) electrons. The maximum absolute atomic E-state index is 6.44. The van der Waals surface area contributed by atoms with Crippen LogP contribution in [0, 0.1) is 11.8 Å². The highest BCUT2D eigenvalue weighted by Gasteiger charge is 2.32. The second-order valence-electron chi connectivity index (χ2n) is 8.37. The smallest absolute Gasteiger partial charge is 0.146 e. The molecular weight excluding hydrogens is 431 g/mol. The van der Waals surface area contributed by atoms with Gasteiger partial charge in [-0.1, -0.05) is 63.0 Å². The summed E-state index contributed by atoms with van der Waals surface area (Å²) < 4.78 is 20.0. The Morgan fingerprint density at radius 3 is 2.58 bits per heavy atom. The van der Waals surface area contributed by atoms with E-state index in [1.807, 2.05) is 0 Å². The first-order valence-electron chi connectivity index (χ1n) is 9.38. The minimum absolute atomic E-state index is 0.279. The molecule has 0 N–H and O–H groups in total. The molecule has 0 saturated carbocycles. The third kappa shape index (κ3) is 8.30. The molecule has 1 fully saturated rings. The van der Waals surface area contributed by atoms with Crippen molar-refractivity contribution in [1.82, 2.24) is 0 Å². The van der Waals surface area contributed by atoms with Crippen LogP contribution in [0.1, 0.15) is 40.0 Å². The number of hydrogen-bond acceptors (Lipinski definition) is 3. The van der Waals surface area contributed by atoms with Gasteiger partial charge in [-0.25, -0.2) is 0 Å². The molecule has 0 bridgehead atoms. The molecule has 3 nitrogen and oxygen atoms in total. The zero-order valence-electron chi connectivity index (χ0n) is 16.4. The first kappa shape index (κ1) is 22.6. The van der Waals surface area contributed by atoms with Crippen LogP contribution in [0.15, 0.2) is 9.66 Å². The molecule has 0 spiro atoms. The lowest BCUT2D eigenvalue weighted by Gasteiger charge is -2.38. The fourth-order valence-electron chi connectivity index (χ4n) is 3.02. The Bertz CT molecular complexity index is 381. The highest BCUT2D eigenvalue weighted by molar-refractivity contribution is 14.1. The van der Waals surface area contributed by atoms with Crippen LogP contribution in [0.5, 0.6) is 0 Å². The Hall–Kier alpha value is 0.567. The van der Waals surface area contributed by atoms with Crippen molar-refractivity contribution in [1.29, 1.82) is 0 Å². The number of ether oxygens (including phenoxy) is 3. The topological polar surface area (TPSA) is 27.7 Å². The Morgan fingerprint density at radius 2 is 2.00 bits per heavy atom. The summed E-state index contributed by atoms with van der Waals surface area (Å²) >= 11 is 2.35. The summed E-state index contributed by atoms with van der Waals surface area (Å²) in [7, 11) is -1.00. The van der Waals surface area contributed by atoms with E-state index in [1.165, 1.54) is 18.0 Å². The van der Waals surface area contributed by atoms with Crippen molar-refractivity contribution in [2.45, 2.75) is 77.9 Å². The first-order chi connectivity index (χ1) is 11.3. The molecule has 0 aromatic rings. The van der Waals surface area contributed by atoms with Gasteiger partial charge in [0.05, 0.1) is 18.8 Å². The summed E-state index contributed by atoms with van der Waals surface area (Å²) in [4.78, 5) is 0. The maximum atomic E-state index is 6.44. The zero-order chi connectivity index (χ0) is 18.2. The van der Waals surface area contributed by atoms with Gasteiger partial charge in [-0.05, 0) is 40.9 Å². The highest BCUT2D eigenvalue weighted by Crippen LogP contribution is 2.33. The van der Waals surface area contributed by atoms with Crippen molar-refractivity contribution < 1.29 is 14.2 Å². The second kappa shape index (κ2) is 11.3. The van der Waals surface area contributed by atoms with Gasteiger partial charge >= 0.3 is 0 Å². The normalized spacial score (nSPS) is 27.3. The molecule has 24 heavy (non-hydrogen) atoms. The summed E-state index contributed by atoms with van der Waals surface area (Å²) in [6, 6.07) is 1.19. The molecular formula is C19H37IO3Si. The van der Waals surface area contributed by atoms with E-state index in [9.17, 15) is 0 Å². The number of halogens is 1. The van der Waals surface area contributed by atoms with E-state index in [1.54, 1.807) is 0 Å². The molecule has 4 atom stereocenters. The van der Waals surface area contributed by atoms with Gasteiger partial charge < -0.3 is 14.2 Å². The van der Waals surface area contributed by atoms with Gasteiger partial charge in [0.15, 0.2) is 0 Å². The van der Waals surface area contributed by atoms with E-state index in [0.717, 1.165) is 19.4 Å². The lowest BCUT2D eigenvalue weighted by atomic mass is 9.85. The predicted octanol–water partition coefficient (Wildman–Crippen LogP) is 5.86. The molecule has 0 unspecified atom stereocenters. The van der Waals surface area contributed by atoms with E-state index >= 15 is 0 Å². The first-order valence-corrected chi connectivity index (χ1v) is 14.3. The van der Waals surface area contributed by atoms with Gasteiger partial charge in [-0.2, -0.15) is 0 Å². The van der Waals surface area contributed by atoms with Crippen molar-refractivity contribution in [2.24, 2.45) is 11.8 Å². The van der Waals surface area contributed by atoms with Gasteiger partial charge in [0.2, 0.25) is 0 Å². The van der Waals surface area contributed by atoms with Crippen LogP contribution >= 0.6 is 22.6 Å². The Labute approximate surface area is 164 Å². The van der Waals surface area contributed by atoms with E-state index in [2.05, 4.69) is 67.1 Å². The SMILES string of the molecule is CC/C(=C\I)[C@@H]1O[C@@H]([C@@H](C)COCOCC[Si](C)(C)C)CC[C@@H]1C. The van der Waals surface area contributed by atoms with E-state index in [0.29, 0.717) is 31.3 Å². The monoisotopic (exact) mass is 468 g/mol. The minimum Gasteiger partial charge on any atom is -0.370 e. The molecule has 0 aliphatic carbocycles. The molecule has 1 aliphatic rings. The van der Waals surface area contributed by atoms with Gasteiger partial charge in [-0.15, -0.1) is 0 Å². The van der Waals surface area contributed by atoms with Crippen molar-refractivity contribution in [2.75, 3.05) is 20.0 Å². The van der Waals surface area contributed by atoms with Crippen LogP contribution in [-0.4, -0.2) is 40.3 Å². The highest BCUT2D eigenvalue weighted by atomic mass is 127. The molecule has 1 rings (SSSR count). The lowest BCUT2D eigenvalue weighted by molar-refractivity contribution is -0.115. The van der Waals surface area contributed by atoms with Gasteiger partial charge in [-0.3, -0.25) is 0 Å². The van der Waals surface area contributed by atoms with Gasteiger partial charge in [0.1, 0.15) is 6.79 Å². The van der Waals surface area contributed by atoms with Crippen molar-refractivity contribution in [3.63, 3.8) is 0 Å². The lowest BCUT2D eigenvalue weighted by Crippen LogP contribution is -2.39. The Kier molecular flexibility index (Phi) is 10.7. The third-order valence-corrected chi connectivity index (χ3v) is 7.34. The van der Waals surface area contributed by atoms with E-state index < -0.39 is 8.07 Å². The van der Waals surface area contributed by atoms with Crippen LogP contribution < -0.4 is 0 Å².